The maximum atomic E-state index is 11.9. The van der Waals surface area contributed by atoms with E-state index in [1.165, 1.54) is 12.5 Å². The van der Waals surface area contributed by atoms with E-state index in [9.17, 15) is 40.5 Å². The molecule has 13 heteroatoms. The Hall–Kier alpha value is -1.49. The van der Waals surface area contributed by atoms with Gasteiger partial charge in [0.15, 0.2) is 18.7 Å². The van der Waals surface area contributed by atoms with Crippen LogP contribution >= 0.6 is 0 Å². The SMILES string of the molecule is CC(=O)O[C@@H]1[C@@H](O)[C@H](C)O[C@@H](O[C@H]2C[C@H]3[C@@H]4CC=C5C[C@@H](O[C@@H]6O[C@H](CO)[C@@H](O)[C@H](O)[C@H]6O)CC[C@]5(C)[C@H]4CC[C@]3(C)[C@H]2[C@H](C)[C@@H](O)CC=C(C)C)[C@@H]1O. The lowest BCUT2D eigenvalue weighted by molar-refractivity contribution is -0.313. The first-order chi connectivity index (χ1) is 25.4. The van der Waals surface area contributed by atoms with Gasteiger partial charge in [-0.1, -0.05) is 44.1 Å². The van der Waals surface area contributed by atoms with Gasteiger partial charge in [0.1, 0.15) is 36.6 Å². The Morgan fingerprint density at radius 3 is 2.31 bits per heavy atom. The molecule has 2 saturated heterocycles. The van der Waals surface area contributed by atoms with Crippen LogP contribution in [0.2, 0.25) is 0 Å². The van der Waals surface area contributed by atoms with Crippen LogP contribution in [0.5, 0.6) is 0 Å². The Balaban J connectivity index is 1.23. The van der Waals surface area contributed by atoms with Gasteiger partial charge in [0.2, 0.25) is 0 Å². The van der Waals surface area contributed by atoms with Gasteiger partial charge in [0, 0.05) is 6.92 Å². The van der Waals surface area contributed by atoms with Crippen molar-refractivity contribution in [3.05, 3.63) is 23.3 Å². The summed E-state index contributed by atoms with van der Waals surface area (Å²) < 4.78 is 30.1. The fourth-order valence-corrected chi connectivity index (χ4v) is 11.6. The van der Waals surface area contributed by atoms with E-state index in [2.05, 4.69) is 32.9 Å². The van der Waals surface area contributed by atoms with Gasteiger partial charge in [-0.05, 0) is 113 Å². The number of ether oxygens (including phenoxy) is 5. The molecule has 0 amide bonds. The first-order valence-electron chi connectivity index (χ1n) is 20.2. The molecule has 20 atom stereocenters. The summed E-state index contributed by atoms with van der Waals surface area (Å²) in [6.07, 6.45) is -2.71. The number of hydrogen-bond donors (Lipinski definition) is 7. The summed E-state index contributed by atoms with van der Waals surface area (Å²) in [5.74, 6) is 0.202. The highest BCUT2D eigenvalue weighted by molar-refractivity contribution is 5.66. The molecule has 5 fully saturated rings. The second-order valence-electron chi connectivity index (χ2n) is 18.1. The van der Waals surface area contributed by atoms with E-state index < -0.39 is 80.1 Å². The molecular formula is C41H66O13. The molecule has 0 aromatic carbocycles. The van der Waals surface area contributed by atoms with Crippen molar-refractivity contribution in [1.82, 2.24) is 0 Å². The van der Waals surface area contributed by atoms with Crippen molar-refractivity contribution in [2.45, 2.75) is 180 Å². The number of rotatable bonds is 10. The van der Waals surface area contributed by atoms with Crippen molar-refractivity contribution < 1.29 is 64.2 Å². The summed E-state index contributed by atoms with van der Waals surface area (Å²) >= 11 is 0. The van der Waals surface area contributed by atoms with Crippen LogP contribution in [0, 0.1) is 40.4 Å². The van der Waals surface area contributed by atoms with Crippen LogP contribution in [0.1, 0.15) is 99.8 Å². The van der Waals surface area contributed by atoms with Crippen LogP contribution < -0.4 is 0 Å². The number of hydrogen-bond acceptors (Lipinski definition) is 13. The van der Waals surface area contributed by atoms with E-state index in [1.54, 1.807) is 6.92 Å². The number of carbonyl (C=O) groups is 1. The lowest BCUT2D eigenvalue weighted by atomic mass is 9.47. The van der Waals surface area contributed by atoms with Gasteiger partial charge in [-0.15, -0.1) is 0 Å². The van der Waals surface area contributed by atoms with Crippen LogP contribution in [-0.4, -0.2) is 128 Å². The predicted octanol–water partition coefficient (Wildman–Crippen LogP) is 2.50. The van der Waals surface area contributed by atoms with Crippen LogP contribution in [0.15, 0.2) is 23.3 Å². The molecule has 0 aromatic heterocycles. The van der Waals surface area contributed by atoms with Gasteiger partial charge >= 0.3 is 5.97 Å². The van der Waals surface area contributed by atoms with Crippen molar-refractivity contribution in [1.29, 1.82) is 0 Å². The van der Waals surface area contributed by atoms with Crippen LogP contribution in [0.25, 0.3) is 0 Å². The molecule has 54 heavy (non-hydrogen) atoms. The molecule has 0 spiro atoms. The van der Waals surface area contributed by atoms with E-state index in [4.69, 9.17) is 23.7 Å². The molecule has 0 bridgehead atoms. The largest absolute Gasteiger partial charge is 0.457 e. The molecule has 308 valence electrons. The van der Waals surface area contributed by atoms with Gasteiger partial charge in [-0.3, -0.25) is 4.79 Å². The highest BCUT2D eigenvalue weighted by Gasteiger charge is 2.63. The second kappa shape index (κ2) is 16.4. The van der Waals surface area contributed by atoms with Crippen molar-refractivity contribution >= 4 is 5.97 Å². The molecule has 13 nitrogen and oxygen atoms in total. The Labute approximate surface area is 319 Å². The van der Waals surface area contributed by atoms with E-state index in [0.29, 0.717) is 31.1 Å². The normalized spacial score (nSPS) is 48.7. The monoisotopic (exact) mass is 766 g/mol. The summed E-state index contributed by atoms with van der Waals surface area (Å²) in [5.41, 5.74) is 2.21. The second-order valence-corrected chi connectivity index (χ2v) is 18.1. The third kappa shape index (κ3) is 7.74. The van der Waals surface area contributed by atoms with Crippen molar-refractivity contribution in [3.8, 4) is 0 Å². The third-order valence-corrected chi connectivity index (χ3v) is 14.7. The average molecular weight is 767 g/mol. The van der Waals surface area contributed by atoms with Crippen LogP contribution in [0.3, 0.4) is 0 Å². The zero-order chi connectivity index (χ0) is 39.4. The van der Waals surface area contributed by atoms with E-state index in [0.717, 1.165) is 37.7 Å². The van der Waals surface area contributed by atoms with Gasteiger partial charge in [-0.2, -0.15) is 0 Å². The smallest absolute Gasteiger partial charge is 0.303 e. The number of allylic oxidation sites excluding steroid dienone is 2. The van der Waals surface area contributed by atoms with Gasteiger partial charge in [0.05, 0.1) is 31.0 Å². The van der Waals surface area contributed by atoms with E-state index in [-0.39, 0.29) is 40.8 Å². The molecular weight excluding hydrogens is 700 g/mol. The quantitative estimate of drug-likeness (QED) is 0.126. The molecule has 0 radical (unpaired) electrons. The molecule has 2 heterocycles. The zero-order valence-corrected chi connectivity index (χ0v) is 33.0. The lowest BCUT2D eigenvalue weighted by Crippen LogP contribution is -2.60. The number of aliphatic hydroxyl groups is 7. The van der Waals surface area contributed by atoms with Gasteiger partial charge in [0.25, 0.3) is 0 Å². The van der Waals surface area contributed by atoms with E-state index >= 15 is 0 Å². The highest BCUT2D eigenvalue weighted by Crippen LogP contribution is 2.68. The Kier molecular flexibility index (Phi) is 12.8. The fraction of sp³-hybridized carbons (Fsp3) is 0.878. The van der Waals surface area contributed by atoms with Crippen molar-refractivity contribution in [2.24, 2.45) is 40.4 Å². The summed E-state index contributed by atoms with van der Waals surface area (Å²) in [6.45, 7) is 13.3. The van der Waals surface area contributed by atoms with Crippen molar-refractivity contribution in [3.63, 3.8) is 0 Å². The van der Waals surface area contributed by atoms with Gasteiger partial charge < -0.3 is 59.4 Å². The average Bonchev–Trinajstić information content (AvgIpc) is 3.42. The molecule has 3 saturated carbocycles. The minimum atomic E-state index is -1.49. The lowest BCUT2D eigenvalue weighted by Gasteiger charge is -2.58. The first-order valence-corrected chi connectivity index (χ1v) is 20.2. The molecule has 6 rings (SSSR count). The van der Waals surface area contributed by atoms with Crippen molar-refractivity contribution in [2.75, 3.05) is 6.61 Å². The Morgan fingerprint density at radius 1 is 0.944 bits per heavy atom. The summed E-state index contributed by atoms with van der Waals surface area (Å²) in [4.78, 5) is 11.9. The summed E-state index contributed by atoms with van der Waals surface area (Å²) in [5, 5.41) is 74.5. The molecule has 0 unspecified atom stereocenters. The summed E-state index contributed by atoms with van der Waals surface area (Å²) in [6, 6.07) is 0. The van der Waals surface area contributed by atoms with E-state index in [1.807, 2.05) is 13.8 Å². The Morgan fingerprint density at radius 2 is 1.65 bits per heavy atom. The number of fused-ring (bicyclic) bond motifs is 5. The third-order valence-electron chi connectivity index (χ3n) is 14.7. The van der Waals surface area contributed by atoms with Crippen LogP contribution in [0.4, 0.5) is 0 Å². The number of aliphatic hydroxyl groups excluding tert-OH is 7. The Bertz CT molecular complexity index is 1380. The maximum absolute atomic E-state index is 11.9. The first kappa shape index (κ1) is 42.1. The summed E-state index contributed by atoms with van der Waals surface area (Å²) in [7, 11) is 0. The standard InChI is InChI=1S/C41H66O13/c1-19(2)8-11-28(44)20(3)31-29(53-39-36(49)37(51-22(5)43)32(45)21(4)50-39)17-27-25-10-9-23-16-24(12-14-40(23,6)26(25)13-15-41(27,31)7)52-38-35(48)34(47)33(46)30(18-42)54-38/h8-9,20-21,24-39,42,44-49H,10-18H2,1-7H3/t20-,21+,24+,25-,26+,27+,28+,29+,30-,31+,32+,33-,34+,35-,36-,37-,38-,39+,40+,41+/m1/s1. The van der Waals surface area contributed by atoms with Gasteiger partial charge in [-0.25, -0.2) is 0 Å². The topological polar surface area (TPSA) is 205 Å². The zero-order valence-electron chi connectivity index (χ0n) is 33.0. The fourth-order valence-electron chi connectivity index (χ4n) is 11.6. The molecule has 7 N–H and O–H groups in total. The molecule has 6 aliphatic rings. The number of carbonyl (C=O) groups excluding carboxylic acids is 1. The minimum absolute atomic E-state index is 0.0602. The highest BCUT2D eigenvalue weighted by atomic mass is 16.7. The van der Waals surface area contributed by atoms with Crippen LogP contribution in [-0.2, 0) is 28.5 Å². The molecule has 0 aromatic rings. The molecule has 2 aliphatic heterocycles. The molecule has 4 aliphatic carbocycles. The predicted molar refractivity (Wildman–Crippen MR) is 195 cm³/mol. The number of esters is 1. The minimum Gasteiger partial charge on any atom is -0.457 e. The maximum Gasteiger partial charge on any atom is 0.303 e.